The molecular weight excluding hydrogens is 485 g/mol. The number of rotatable bonds is 12. The molecule has 208 valence electrons. The summed E-state index contributed by atoms with van der Waals surface area (Å²) in [5.41, 5.74) is 0.924. The van der Waals surface area contributed by atoms with E-state index in [1.165, 1.54) is 69.1 Å². The van der Waals surface area contributed by atoms with Crippen LogP contribution in [0.15, 0.2) is 43.0 Å². The van der Waals surface area contributed by atoms with Crippen LogP contribution in [0.1, 0.15) is 64.7 Å². The minimum absolute atomic E-state index is 0.0706. The molecule has 37 heavy (non-hydrogen) atoms. The van der Waals surface area contributed by atoms with Crippen LogP contribution in [0.5, 0.6) is 0 Å². The molecule has 0 radical (unpaired) electrons. The van der Waals surface area contributed by atoms with Crippen LogP contribution in [-0.4, -0.2) is 61.5 Å². The lowest BCUT2D eigenvalue weighted by Gasteiger charge is -2.52. The Labute approximate surface area is 218 Å². The summed E-state index contributed by atoms with van der Waals surface area (Å²) >= 11 is 0. The molecule has 3 aliphatic heterocycles. The second-order valence-corrected chi connectivity index (χ2v) is 10.1. The van der Waals surface area contributed by atoms with Crippen molar-refractivity contribution in [3.8, 4) is 0 Å². The summed E-state index contributed by atoms with van der Waals surface area (Å²) in [4.78, 5) is 23.8. The van der Waals surface area contributed by atoms with Crippen molar-refractivity contribution < 1.29 is 37.1 Å². The van der Waals surface area contributed by atoms with Gasteiger partial charge in [-0.05, 0) is 37.8 Å². The molecule has 3 aliphatic rings. The van der Waals surface area contributed by atoms with E-state index in [1.807, 2.05) is 41.3 Å². The minimum Gasteiger partial charge on any atom is -0.542 e. The van der Waals surface area contributed by atoms with Crippen molar-refractivity contribution in [2.24, 2.45) is 5.92 Å². The number of halogens is 3. The van der Waals surface area contributed by atoms with E-state index in [-0.39, 0.29) is 12.2 Å². The van der Waals surface area contributed by atoms with E-state index in [0.29, 0.717) is 12.5 Å². The van der Waals surface area contributed by atoms with Crippen LogP contribution >= 0.6 is 0 Å². The number of alkyl halides is 3. The summed E-state index contributed by atoms with van der Waals surface area (Å²) in [5, 5.41) is 8.78. The van der Waals surface area contributed by atoms with Crippen molar-refractivity contribution in [1.29, 1.82) is 0 Å². The summed E-state index contributed by atoms with van der Waals surface area (Å²) in [7, 11) is 0. The molecule has 9 heteroatoms. The van der Waals surface area contributed by atoms with Crippen molar-refractivity contribution in [1.82, 2.24) is 0 Å². The number of ether oxygens (including phenoxy) is 1. The molecule has 0 aliphatic carbocycles. The van der Waals surface area contributed by atoms with Crippen molar-refractivity contribution in [2.75, 3.05) is 37.6 Å². The number of quaternary nitrogens is 1. The zero-order chi connectivity index (χ0) is 27.3. The number of fused-ring (bicyclic) bond motifs is 3. The van der Waals surface area contributed by atoms with Crippen LogP contribution in [0.25, 0.3) is 0 Å². The number of piperidine rings is 3. The lowest BCUT2D eigenvalue weighted by atomic mass is 9.83. The van der Waals surface area contributed by atoms with Gasteiger partial charge in [-0.15, -0.1) is 6.58 Å². The summed E-state index contributed by atoms with van der Waals surface area (Å²) < 4.78 is 38.9. The molecule has 1 aromatic rings. The number of carbonyl (C=O) groups is 2. The highest BCUT2D eigenvalue weighted by Crippen LogP contribution is 2.36. The molecule has 0 spiro atoms. The highest BCUT2D eigenvalue weighted by atomic mass is 19.4. The average Bonchev–Trinajstić information content (AvgIpc) is 2.87. The number of aliphatic carboxylic acids is 1. The molecule has 3 fully saturated rings. The number of carboxylic acid groups (broad SMARTS) is 1. The van der Waals surface area contributed by atoms with E-state index >= 15 is 0 Å². The molecule has 0 saturated carbocycles. The molecule has 3 heterocycles. The molecule has 4 rings (SSSR count). The van der Waals surface area contributed by atoms with E-state index in [0.717, 1.165) is 25.1 Å². The minimum atomic E-state index is -5.19. The zero-order valence-corrected chi connectivity index (χ0v) is 21.9. The van der Waals surface area contributed by atoms with Gasteiger partial charge in [-0.2, -0.15) is 13.2 Å². The first-order chi connectivity index (χ1) is 17.6. The maximum atomic E-state index is 13.2. The van der Waals surface area contributed by atoms with Crippen LogP contribution < -0.4 is 10.0 Å². The number of allylic oxidation sites excluding steroid dienone is 1. The number of carboxylic acids is 1. The molecule has 6 nitrogen and oxygen atoms in total. The number of nitrogens with zero attached hydrogens (tertiary/aromatic N) is 2. The van der Waals surface area contributed by atoms with Gasteiger partial charge in [-0.25, -0.2) is 4.79 Å². The fraction of sp³-hybridized carbons (Fsp3) is 0.643. The third-order valence-corrected chi connectivity index (χ3v) is 7.34. The van der Waals surface area contributed by atoms with Gasteiger partial charge in [0.25, 0.3) is 0 Å². The number of carbonyl (C=O) groups excluding carboxylic acids is 2. The highest BCUT2D eigenvalue weighted by molar-refractivity contribution is 5.87. The Balaban J connectivity index is 0.000000604. The zero-order valence-electron chi connectivity index (χ0n) is 21.9. The Morgan fingerprint density at radius 1 is 1.11 bits per heavy atom. The largest absolute Gasteiger partial charge is 0.542 e. The maximum absolute atomic E-state index is 13.2. The molecule has 1 aromatic carbocycles. The number of benzene rings is 1. The van der Waals surface area contributed by atoms with Crippen LogP contribution in [0, 0.1) is 5.92 Å². The molecule has 2 bridgehead atoms. The Hall–Kier alpha value is -2.55. The Morgan fingerprint density at radius 2 is 1.73 bits per heavy atom. The van der Waals surface area contributed by atoms with Gasteiger partial charge < -0.3 is 19.1 Å². The Bertz CT molecular complexity index is 840. The molecule has 1 atom stereocenters. The van der Waals surface area contributed by atoms with Gasteiger partial charge in [-0.1, -0.05) is 50.5 Å². The summed E-state index contributed by atoms with van der Waals surface area (Å²) in [6.07, 6.45) is 7.48. The number of amides is 1. The van der Waals surface area contributed by atoms with Gasteiger partial charge in [-0.3, -0.25) is 4.90 Å². The fourth-order valence-corrected chi connectivity index (χ4v) is 5.24. The first-order valence-electron chi connectivity index (χ1n) is 13.4. The maximum Gasteiger partial charge on any atom is 0.430 e. The molecule has 1 amide bonds. The standard InChI is InChI=1S/C26H41N2O2.C2HF3O2/c1-3-5-7-8-13-19-28-20-16-23(17-21-28)25(22-28)30-26(29)27(18-12-6-4-2)24-14-10-9-11-15-24;3-2(4,5)1(6)7/h4,9-11,14-15,23,25H,2-3,5-8,12-13,16-22H2,1H3;(H,6,7)/q+1;/p-1/t23?,25-,28?;/m0./s1. The van der Waals surface area contributed by atoms with Gasteiger partial charge in [0.15, 0.2) is 6.10 Å². The van der Waals surface area contributed by atoms with Crippen molar-refractivity contribution in [3.63, 3.8) is 0 Å². The molecule has 0 aromatic heterocycles. The van der Waals surface area contributed by atoms with Crippen LogP contribution in [0.2, 0.25) is 0 Å². The first-order valence-corrected chi connectivity index (χ1v) is 13.4. The summed E-state index contributed by atoms with van der Waals surface area (Å²) in [6.45, 7) is 11.6. The van der Waals surface area contributed by atoms with Gasteiger partial charge in [0.1, 0.15) is 12.5 Å². The second kappa shape index (κ2) is 15.0. The summed E-state index contributed by atoms with van der Waals surface area (Å²) in [6, 6.07) is 9.94. The van der Waals surface area contributed by atoms with Crippen molar-refractivity contribution in [3.05, 3.63) is 43.0 Å². The number of unbranched alkanes of at least 4 members (excludes halogenated alkanes) is 5. The van der Waals surface area contributed by atoms with Crippen LogP contribution in [-0.2, 0) is 9.53 Å². The molecular formula is C28H41F3N2O4. The third kappa shape index (κ3) is 10.0. The molecule has 0 unspecified atom stereocenters. The third-order valence-electron chi connectivity index (χ3n) is 7.34. The quantitative estimate of drug-likeness (QED) is 0.206. The second-order valence-electron chi connectivity index (χ2n) is 10.1. The van der Waals surface area contributed by atoms with E-state index in [4.69, 9.17) is 14.6 Å². The predicted molar refractivity (Wildman–Crippen MR) is 136 cm³/mol. The smallest absolute Gasteiger partial charge is 0.430 e. The van der Waals surface area contributed by atoms with Crippen molar-refractivity contribution >= 4 is 17.7 Å². The topological polar surface area (TPSA) is 69.7 Å². The Kier molecular flexibility index (Phi) is 12.4. The molecule has 3 saturated heterocycles. The van der Waals surface area contributed by atoms with Gasteiger partial charge in [0, 0.05) is 31.0 Å². The lowest BCUT2D eigenvalue weighted by molar-refractivity contribution is -0.946. The first kappa shape index (κ1) is 30.7. The van der Waals surface area contributed by atoms with E-state index in [1.54, 1.807) is 0 Å². The van der Waals surface area contributed by atoms with Gasteiger partial charge in [0.05, 0.1) is 19.6 Å². The number of para-hydroxylation sites is 1. The van der Waals surface area contributed by atoms with Crippen LogP contribution in [0.3, 0.4) is 0 Å². The average molecular weight is 527 g/mol. The number of hydrogen-bond acceptors (Lipinski definition) is 4. The van der Waals surface area contributed by atoms with Gasteiger partial charge in [0.2, 0.25) is 0 Å². The predicted octanol–water partition coefficient (Wildman–Crippen LogP) is 5.47. The van der Waals surface area contributed by atoms with E-state index < -0.39 is 12.1 Å². The number of anilines is 1. The van der Waals surface area contributed by atoms with E-state index in [2.05, 4.69) is 13.5 Å². The van der Waals surface area contributed by atoms with E-state index in [9.17, 15) is 18.0 Å². The van der Waals surface area contributed by atoms with Gasteiger partial charge >= 0.3 is 12.3 Å². The Morgan fingerprint density at radius 3 is 2.30 bits per heavy atom. The lowest BCUT2D eigenvalue weighted by Crippen LogP contribution is -2.65. The SMILES string of the molecule is C=CCCCN(C(=O)O[C@H]1C[N+]2(CCCCCCC)CCC1CC2)c1ccccc1.O=C([O-])C(F)(F)F. The monoisotopic (exact) mass is 526 g/mol. The van der Waals surface area contributed by atoms with Crippen molar-refractivity contribution in [2.45, 2.75) is 77.0 Å². The summed E-state index contributed by atoms with van der Waals surface area (Å²) in [5.74, 6) is -2.47. The highest BCUT2D eigenvalue weighted by Gasteiger charge is 2.47. The normalized spacial score (nSPS) is 22.5. The number of hydrogen-bond donors (Lipinski definition) is 0. The van der Waals surface area contributed by atoms with Crippen LogP contribution in [0.4, 0.5) is 23.7 Å². The molecule has 0 N–H and O–H groups in total. The fourth-order valence-electron chi connectivity index (χ4n) is 5.24.